The lowest BCUT2D eigenvalue weighted by molar-refractivity contribution is -0.145. The number of aliphatic hydroxyl groups is 1. The van der Waals surface area contributed by atoms with Gasteiger partial charge in [0.1, 0.15) is 6.04 Å². The number of likely N-dealkylation sites (tertiary alicyclic amines) is 1. The van der Waals surface area contributed by atoms with E-state index in [0.717, 1.165) is 0 Å². The molecule has 0 saturated carbocycles. The van der Waals surface area contributed by atoms with E-state index in [9.17, 15) is 14.7 Å². The van der Waals surface area contributed by atoms with Crippen molar-refractivity contribution in [3.8, 4) is 0 Å². The van der Waals surface area contributed by atoms with Crippen LogP contribution in [0.4, 0.5) is 4.79 Å². The number of ether oxygens (including phenoxy) is 2. The molecular weight excluding hydrogens is 226 g/mol. The van der Waals surface area contributed by atoms with Gasteiger partial charge in [-0.3, -0.25) is 4.90 Å². The van der Waals surface area contributed by atoms with Crippen molar-refractivity contribution in [2.75, 3.05) is 20.3 Å². The topological polar surface area (TPSA) is 76.1 Å². The van der Waals surface area contributed by atoms with Crippen LogP contribution < -0.4 is 0 Å². The van der Waals surface area contributed by atoms with Crippen LogP contribution in [0, 0.1) is 5.92 Å². The smallest absolute Gasteiger partial charge is 0.410 e. The second-order valence-electron chi connectivity index (χ2n) is 4.55. The van der Waals surface area contributed by atoms with Crippen molar-refractivity contribution < 1.29 is 24.2 Å². The Morgan fingerprint density at radius 2 is 2.12 bits per heavy atom. The van der Waals surface area contributed by atoms with Gasteiger partial charge < -0.3 is 14.6 Å². The van der Waals surface area contributed by atoms with E-state index in [1.54, 1.807) is 0 Å². The lowest BCUT2D eigenvalue weighted by Gasteiger charge is -2.22. The molecule has 1 N–H and O–H groups in total. The summed E-state index contributed by atoms with van der Waals surface area (Å²) in [5.74, 6) is -0.300. The number of methoxy groups -OCH3 is 1. The first kappa shape index (κ1) is 13.8. The summed E-state index contributed by atoms with van der Waals surface area (Å²) in [6, 6.07) is -0.741. The Balaban J connectivity index is 2.60. The fraction of sp³-hybridized carbons (Fsp3) is 0.818. The lowest BCUT2D eigenvalue weighted by Crippen LogP contribution is -2.41. The van der Waals surface area contributed by atoms with E-state index < -0.39 is 24.2 Å². The van der Waals surface area contributed by atoms with Crippen LogP contribution in [0.3, 0.4) is 0 Å². The summed E-state index contributed by atoms with van der Waals surface area (Å²) in [6.07, 6.45) is -1.08. The van der Waals surface area contributed by atoms with Gasteiger partial charge in [0.2, 0.25) is 0 Å². The van der Waals surface area contributed by atoms with Crippen molar-refractivity contribution in [3.63, 3.8) is 0 Å². The molecule has 0 aromatic rings. The molecule has 1 amide bonds. The summed E-state index contributed by atoms with van der Waals surface area (Å²) in [5.41, 5.74) is 0. The Kier molecular flexibility index (Phi) is 4.74. The summed E-state index contributed by atoms with van der Waals surface area (Å²) in [5, 5.41) is 9.48. The second kappa shape index (κ2) is 5.86. The molecule has 2 atom stereocenters. The van der Waals surface area contributed by atoms with Crippen LogP contribution in [0.1, 0.15) is 20.3 Å². The first-order valence-electron chi connectivity index (χ1n) is 5.65. The largest absolute Gasteiger partial charge is 0.467 e. The van der Waals surface area contributed by atoms with E-state index >= 15 is 0 Å². The third-order valence-electron chi connectivity index (χ3n) is 2.53. The van der Waals surface area contributed by atoms with Gasteiger partial charge in [0, 0.05) is 6.42 Å². The van der Waals surface area contributed by atoms with Crippen LogP contribution in [-0.4, -0.2) is 54.5 Å². The summed E-state index contributed by atoms with van der Waals surface area (Å²) in [4.78, 5) is 24.4. The number of nitrogens with zero attached hydrogens (tertiary/aromatic N) is 1. The summed E-state index contributed by atoms with van der Waals surface area (Å²) in [7, 11) is 1.25. The molecular formula is C11H19NO5. The molecule has 98 valence electrons. The fourth-order valence-corrected chi connectivity index (χ4v) is 1.70. The molecule has 1 rings (SSSR count). The maximum Gasteiger partial charge on any atom is 0.410 e. The molecule has 2 unspecified atom stereocenters. The third kappa shape index (κ3) is 3.59. The van der Waals surface area contributed by atoms with Crippen molar-refractivity contribution in [2.24, 2.45) is 5.92 Å². The number of carbonyl (C=O) groups excluding carboxylic acids is 2. The van der Waals surface area contributed by atoms with E-state index in [0.29, 0.717) is 6.61 Å². The van der Waals surface area contributed by atoms with Gasteiger partial charge in [-0.15, -0.1) is 0 Å². The normalized spacial score (nSPS) is 23.9. The lowest BCUT2D eigenvalue weighted by atomic mass is 10.2. The molecule has 1 aliphatic heterocycles. The van der Waals surface area contributed by atoms with Gasteiger partial charge in [-0.25, -0.2) is 9.59 Å². The minimum Gasteiger partial charge on any atom is -0.467 e. The Hall–Kier alpha value is -1.30. The first-order chi connectivity index (χ1) is 7.95. The maximum absolute atomic E-state index is 11.7. The minimum absolute atomic E-state index is 0.108. The molecule has 0 aromatic carbocycles. The summed E-state index contributed by atoms with van der Waals surface area (Å²) < 4.78 is 9.62. The molecule has 0 aliphatic carbocycles. The maximum atomic E-state index is 11.7. The quantitative estimate of drug-likeness (QED) is 0.728. The van der Waals surface area contributed by atoms with Crippen LogP contribution in [0.2, 0.25) is 0 Å². The molecule has 1 aliphatic rings. The van der Waals surface area contributed by atoms with E-state index in [2.05, 4.69) is 4.74 Å². The van der Waals surface area contributed by atoms with Gasteiger partial charge >= 0.3 is 12.1 Å². The van der Waals surface area contributed by atoms with E-state index in [4.69, 9.17) is 4.74 Å². The van der Waals surface area contributed by atoms with Gasteiger partial charge in [-0.2, -0.15) is 0 Å². The van der Waals surface area contributed by atoms with Crippen LogP contribution in [-0.2, 0) is 14.3 Å². The number of rotatable bonds is 3. The average molecular weight is 245 g/mol. The third-order valence-corrected chi connectivity index (χ3v) is 2.53. The number of aliphatic hydroxyl groups excluding tert-OH is 1. The van der Waals surface area contributed by atoms with Gasteiger partial charge in [0.05, 0.1) is 26.4 Å². The van der Waals surface area contributed by atoms with Crippen molar-refractivity contribution in [2.45, 2.75) is 32.4 Å². The predicted octanol–water partition coefficient (Wildman–Crippen LogP) is 0.387. The Bertz CT molecular complexity index is 292. The van der Waals surface area contributed by atoms with Crippen molar-refractivity contribution in [1.29, 1.82) is 0 Å². The molecule has 17 heavy (non-hydrogen) atoms. The highest BCUT2D eigenvalue weighted by atomic mass is 16.6. The van der Waals surface area contributed by atoms with E-state index in [1.165, 1.54) is 12.0 Å². The Morgan fingerprint density at radius 1 is 1.47 bits per heavy atom. The van der Waals surface area contributed by atoms with Gasteiger partial charge in [0.25, 0.3) is 0 Å². The van der Waals surface area contributed by atoms with E-state index in [-0.39, 0.29) is 18.9 Å². The van der Waals surface area contributed by atoms with Gasteiger partial charge in [0.15, 0.2) is 0 Å². The fourth-order valence-electron chi connectivity index (χ4n) is 1.70. The number of hydrogen-bond acceptors (Lipinski definition) is 5. The SMILES string of the molecule is COC(=O)C1CC(O)CN1C(=O)OCC(C)C. The van der Waals surface area contributed by atoms with Crippen LogP contribution in [0.25, 0.3) is 0 Å². The molecule has 0 radical (unpaired) electrons. The van der Waals surface area contributed by atoms with Crippen LogP contribution in [0.15, 0.2) is 0 Å². The summed E-state index contributed by atoms with van der Waals surface area (Å²) in [6.45, 7) is 4.24. The zero-order valence-electron chi connectivity index (χ0n) is 10.4. The molecule has 1 heterocycles. The van der Waals surface area contributed by atoms with Crippen LogP contribution >= 0.6 is 0 Å². The first-order valence-corrected chi connectivity index (χ1v) is 5.65. The van der Waals surface area contributed by atoms with Crippen LogP contribution in [0.5, 0.6) is 0 Å². The molecule has 0 spiro atoms. The number of β-amino-alcohol motifs (C(OH)–C–C–N with tert-alkyl or cyclic N) is 1. The second-order valence-corrected chi connectivity index (χ2v) is 4.55. The molecule has 1 fully saturated rings. The molecule has 1 saturated heterocycles. The minimum atomic E-state index is -0.741. The van der Waals surface area contributed by atoms with Crippen molar-refractivity contribution in [1.82, 2.24) is 4.90 Å². The summed E-state index contributed by atoms with van der Waals surface area (Å²) >= 11 is 0. The number of esters is 1. The molecule has 0 aromatic heterocycles. The zero-order chi connectivity index (χ0) is 13.0. The highest BCUT2D eigenvalue weighted by molar-refractivity contribution is 5.82. The van der Waals surface area contributed by atoms with E-state index in [1.807, 2.05) is 13.8 Å². The van der Waals surface area contributed by atoms with Gasteiger partial charge in [-0.05, 0) is 5.92 Å². The van der Waals surface area contributed by atoms with Gasteiger partial charge in [-0.1, -0.05) is 13.8 Å². The molecule has 6 nitrogen and oxygen atoms in total. The highest BCUT2D eigenvalue weighted by Crippen LogP contribution is 2.20. The van der Waals surface area contributed by atoms with Crippen molar-refractivity contribution in [3.05, 3.63) is 0 Å². The molecule has 6 heteroatoms. The standard InChI is InChI=1S/C11H19NO5/c1-7(2)6-17-11(15)12-5-8(13)4-9(12)10(14)16-3/h7-9,13H,4-6H2,1-3H3. The Morgan fingerprint density at radius 3 is 2.65 bits per heavy atom. The molecule has 0 bridgehead atoms. The highest BCUT2D eigenvalue weighted by Gasteiger charge is 2.40. The number of hydrogen-bond donors (Lipinski definition) is 1. The Labute approximate surface area is 100 Å². The number of carbonyl (C=O) groups is 2. The van der Waals surface area contributed by atoms with Crippen molar-refractivity contribution >= 4 is 12.1 Å². The number of amides is 1. The predicted molar refractivity (Wildman–Crippen MR) is 59.3 cm³/mol. The monoisotopic (exact) mass is 245 g/mol. The average Bonchev–Trinajstić information content (AvgIpc) is 2.67. The zero-order valence-corrected chi connectivity index (χ0v) is 10.4.